The van der Waals surface area contributed by atoms with Crippen LogP contribution in [0, 0.1) is 0 Å². The van der Waals surface area contributed by atoms with Crippen molar-refractivity contribution < 1.29 is 4.79 Å². The predicted octanol–water partition coefficient (Wildman–Crippen LogP) is 5.26. The van der Waals surface area contributed by atoms with E-state index in [2.05, 4.69) is 38.1 Å². The van der Waals surface area contributed by atoms with Gasteiger partial charge < -0.3 is 9.88 Å². The molecule has 0 fully saturated rings. The lowest BCUT2D eigenvalue weighted by molar-refractivity contribution is -0.118. The van der Waals surface area contributed by atoms with Crippen LogP contribution in [0.25, 0.3) is 10.2 Å². The van der Waals surface area contributed by atoms with E-state index >= 15 is 0 Å². The fourth-order valence-electron chi connectivity index (χ4n) is 2.92. The fraction of sp³-hybridized carbons (Fsp3) is 0.238. The van der Waals surface area contributed by atoms with E-state index in [4.69, 9.17) is 11.6 Å². The Hall–Kier alpha value is -2.07. The molecule has 2 aromatic heterocycles. The lowest BCUT2D eigenvalue weighted by atomic mass is 10.2. The van der Waals surface area contributed by atoms with Gasteiger partial charge in [-0.15, -0.1) is 21.5 Å². The summed E-state index contributed by atoms with van der Waals surface area (Å²) in [7, 11) is 0. The van der Waals surface area contributed by atoms with E-state index < -0.39 is 0 Å². The van der Waals surface area contributed by atoms with Crippen LogP contribution in [0.3, 0.4) is 0 Å². The molecule has 0 aliphatic heterocycles. The Morgan fingerprint density at radius 1 is 1.16 bits per heavy atom. The Morgan fingerprint density at radius 2 is 2.03 bits per heavy atom. The van der Waals surface area contributed by atoms with Crippen molar-refractivity contribution in [1.82, 2.24) is 25.1 Å². The third kappa shape index (κ3) is 5.79. The number of nitrogens with one attached hydrogen (secondary N) is 1. The monoisotopic (exact) mass is 489 g/mol. The summed E-state index contributed by atoms with van der Waals surface area (Å²) >= 11 is 10.7. The van der Waals surface area contributed by atoms with Crippen molar-refractivity contribution in [2.45, 2.75) is 35.3 Å². The molecule has 4 rings (SSSR count). The van der Waals surface area contributed by atoms with Crippen molar-refractivity contribution in [3.05, 3.63) is 64.9 Å². The van der Waals surface area contributed by atoms with Crippen molar-refractivity contribution in [3.8, 4) is 0 Å². The van der Waals surface area contributed by atoms with Crippen molar-refractivity contribution in [2.24, 2.45) is 0 Å². The number of hydrogen-bond donors (Lipinski definition) is 1. The summed E-state index contributed by atoms with van der Waals surface area (Å²) in [5.41, 5.74) is 1.99. The van der Waals surface area contributed by atoms with Crippen LogP contribution in [0.5, 0.6) is 0 Å². The van der Waals surface area contributed by atoms with Gasteiger partial charge in [0.25, 0.3) is 0 Å². The number of aromatic nitrogens is 4. The van der Waals surface area contributed by atoms with Crippen LogP contribution in [-0.2, 0) is 23.6 Å². The average Bonchev–Trinajstić information content (AvgIpc) is 3.37. The van der Waals surface area contributed by atoms with Gasteiger partial charge in [0.1, 0.15) is 5.82 Å². The summed E-state index contributed by atoms with van der Waals surface area (Å²) in [6, 6.07) is 15.6. The lowest BCUT2D eigenvalue weighted by Crippen LogP contribution is -2.24. The van der Waals surface area contributed by atoms with Gasteiger partial charge in [0.05, 0.1) is 21.7 Å². The molecule has 0 radical (unpaired) electrons. The number of amides is 1. The molecule has 4 aromatic rings. The van der Waals surface area contributed by atoms with E-state index in [1.165, 1.54) is 16.5 Å². The van der Waals surface area contributed by atoms with Gasteiger partial charge in [-0.3, -0.25) is 4.79 Å². The lowest BCUT2D eigenvalue weighted by Gasteiger charge is -2.07. The number of para-hydroxylation sites is 1. The molecule has 1 amide bonds. The highest BCUT2D eigenvalue weighted by molar-refractivity contribution is 8.00. The smallest absolute Gasteiger partial charge is 0.230 e. The summed E-state index contributed by atoms with van der Waals surface area (Å²) in [5, 5.41) is 13.0. The van der Waals surface area contributed by atoms with E-state index in [-0.39, 0.29) is 11.7 Å². The number of nitrogens with zero attached hydrogens (tertiary/aromatic N) is 4. The Morgan fingerprint density at radius 3 is 2.84 bits per heavy atom. The van der Waals surface area contributed by atoms with Gasteiger partial charge in [-0.1, -0.05) is 59.4 Å². The number of benzene rings is 2. The topological polar surface area (TPSA) is 72.7 Å². The van der Waals surface area contributed by atoms with Crippen LogP contribution in [-0.4, -0.2) is 31.4 Å². The van der Waals surface area contributed by atoms with Gasteiger partial charge in [-0.2, -0.15) is 0 Å². The second-order valence-corrected chi connectivity index (χ2v) is 10.2. The van der Waals surface area contributed by atoms with Gasteiger partial charge in [-0.05, 0) is 36.8 Å². The maximum atomic E-state index is 12.2. The Bertz CT molecular complexity index is 1160. The first-order chi connectivity index (χ1) is 15.1. The minimum atomic E-state index is -0.0546. The molecular formula is C21H20ClN5OS3. The zero-order chi connectivity index (χ0) is 21.6. The first-order valence-electron chi connectivity index (χ1n) is 9.66. The third-order valence-corrected chi connectivity index (χ3v) is 7.80. The maximum absolute atomic E-state index is 12.2. The van der Waals surface area contributed by atoms with E-state index in [1.807, 2.05) is 42.5 Å². The molecule has 0 aliphatic carbocycles. The number of fused-ring (bicyclic) bond motifs is 1. The minimum Gasteiger partial charge on any atom is -0.351 e. The number of thioether (sulfide) groups is 2. The molecule has 0 spiro atoms. The molecule has 0 saturated carbocycles. The summed E-state index contributed by atoms with van der Waals surface area (Å²) in [6.07, 6.45) is 0. The predicted molar refractivity (Wildman–Crippen MR) is 129 cm³/mol. The molecule has 2 heterocycles. The molecular weight excluding hydrogens is 470 g/mol. The second kappa shape index (κ2) is 10.5. The fourth-order valence-corrected chi connectivity index (χ4v) is 5.99. The summed E-state index contributed by atoms with van der Waals surface area (Å²) in [5.74, 6) is 1.79. The van der Waals surface area contributed by atoms with Crippen LogP contribution in [0.15, 0.2) is 58.0 Å². The molecule has 0 saturated heterocycles. The van der Waals surface area contributed by atoms with Gasteiger partial charge in [-0.25, -0.2) is 4.98 Å². The van der Waals surface area contributed by atoms with E-state index in [1.54, 1.807) is 23.1 Å². The molecule has 6 nitrogen and oxygen atoms in total. The van der Waals surface area contributed by atoms with Crippen molar-refractivity contribution in [3.63, 3.8) is 0 Å². The molecule has 0 aliphatic rings. The molecule has 0 unspecified atom stereocenters. The Labute approximate surface area is 197 Å². The summed E-state index contributed by atoms with van der Waals surface area (Å²) < 4.78 is 4.25. The molecule has 31 heavy (non-hydrogen) atoms. The van der Waals surface area contributed by atoms with Crippen LogP contribution in [0.2, 0.25) is 5.02 Å². The average molecular weight is 490 g/mol. The van der Waals surface area contributed by atoms with E-state index in [0.29, 0.717) is 17.3 Å². The van der Waals surface area contributed by atoms with Crippen LogP contribution in [0.1, 0.15) is 18.3 Å². The Kier molecular flexibility index (Phi) is 7.49. The largest absolute Gasteiger partial charge is 0.351 e. The first-order valence-corrected chi connectivity index (χ1v) is 12.8. The van der Waals surface area contributed by atoms with Crippen molar-refractivity contribution in [2.75, 3.05) is 5.75 Å². The standard InChI is InChI=1S/C21H20ClN5OS3/c1-2-27-18(12-30-21-24-16-8-3-4-9-17(16)31-21)25-26-20(27)29-13-19(28)23-11-14-6-5-7-15(22)10-14/h3-10H,2,11-13H2,1H3,(H,23,28). The normalized spacial score (nSPS) is 11.2. The second-order valence-electron chi connectivity index (χ2n) is 6.57. The van der Waals surface area contributed by atoms with Gasteiger partial charge >= 0.3 is 0 Å². The van der Waals surface area contributed by atoms with E-state index in [9.17, 15) is 4.79 Å². The quantitative estimate of drug-likeness (QED) is 0.323. The van der Waals surface area contributed by atoms with Crippen molar-refractivity contribution >= 4 is 62.6 Å². The van der Waals surface area contributed by atoms with Gasteiger partial charge in [0, 0.05) is 18.1 Å². The van der Waals surface area contributed by atoms with Crippen LogP contribution in [0.4, 0.5) is 0 Å². The number of hydrogen-bond acceptors (Lipinski definition) is 7. The third-order valence-electron chi connectivity index (χ3n) is 4.42. The summed E-state index contributed by atoms with van der Waals surface area (Å²) in [4.78, 5) is 16.9. The minimum absolute atomic E-state index is 0.0546. The molecule has 2 aromatic carbocycles. The number of thiazole rings is 1. The number of rotatable bonds is 9. The van der Waals surface area contributed by atoms with Crippen LogP contribution < -0.4 is 5.32 Å². The maximum Gasteiger partial charge on any atom is 0.230 e. The SMILES string of the molecule is CCn1c(CSc2nc3ccccc3s2)nnc1SCC(=O)NCc1cccc(Cl)c1. The first kappa shape index (κ1) is 22.1. The molecule has 0 atom stereocenters. The van der Waals surface area contributed by atoms with Crippen molar-refractivity contribution in [1.29, 1.82) is 0 Å². The molecule has 10 heteroatoms. The zero-order valence-electron chi connectivity index (χ0n) is 16.7. The highest BCUT2D eigenvalue weighted by Gasteiger charge is 2.14. The molecule has 0 bridgehead atoms. The highest BCUT2D eigenvalue weighted by Crippen LogP contribution is 2.31. The Balaban J connectivity index is 1.31. The number of carbonyl (C=O) groups is 1. The molecule has 1 N–H and O–H groups in total. The van der Waals surface area contributed by atoms with E-state index in [0.717, 1.165) is 32.9 Å². The zero-order valence-corrected chi connectivity index (χ0v) is 20.0. The van der Waals surface area contributed by atoms with Crippen LogP contribution >= 0.6 is 46.5 Å². The van der Waals surface area contributed by atoms with Gasteiger partial charge in [0.2, 0.25) is 5.91 Å². The van der Waals surface area contributed by atoms with Gasteiger partial charge in [0.15, 0.2) is 9.50 Å². The highest BCUT2D eigenvalue weighted by atomic mass is 35.5. The summed E-state index contributed by atoms with van der Waals surface area (Å²) in [6.45, 7) is 3.25. The number of carbonyl (C=O) groups excluding carboxylic acids is 1. The number of halogens is 1. The molecule has 160 valence electrons.